The molecule has 1 unspecified atom stereocenters. The van der Waals surface area contributed by atoms with Gasteiger partial charge < -0.3 is 14.8 Å². The van der Waals surface area contributed by atoms with Crippen molar-refractivity contribution in [3.8, 4) is 17.2 Å². The van der Waals surface area contributed by atoms with E-state index in [4.69, 9.17) is 19.2 Å². The summed E-state index contributed by atoms with van der Waals surface area (Å²) < 4.78 is 37.7. The van der Waals surface area contributed by atoms with Crippen molar-refractivity contribution in [2.75, 3.05) is 13.7 Å². The molecule has 0 bridgehead atoms. The molecule has 1 aliphatic rings. The minimum absolute atomic E-state index is 0.0170. The van der Waals surface area contributed by atoms with Gasteiger partial charge in [0.25, 0.3) is 0 Å². The molecule has 45 heavy (non-hydrogen) atoms. The Morgan fingerprint density at radius 2 is 1.42 bits per heavy atom. The van der Waals surface area contributed by atoms with Crippen LogP contribution in [0.1, 0.15) is 54.5 Å². The molecule has 0 aliphatic carbocycles. The van der Waals surface area contributed by atoms with Crippen LogP contribution < -0.4 is 14.8 Å². The highest BCUT2D eigenvalue weighted by atomic mass is 32.2. The summed E-state index contributed by atoms with van der Waals surface area (Å²) in [6.45, 7) is 8.93. The number of aryl methyl sites for hydroxylation is 2. The molecule has 8 nitrogen and oxygen atoms in total. The minimum atomic E-state index is -3.72. The molecular formula is C36H39NO7S. The summed E-state index contributed by atoms with van der Waals surface area (Å²) in [6.07, 6.45) is 1.20. The topological polar surface area (TPSA) is 100 Å². The molecule has 0 spiro atoms. The molecule has 1 N–H and O–H groups in total. The van der Waals surface area contributed by atoms with Crippen LogP contribution in [0, 0.1) is 13.8 Å². The van der Waals surface area contributed by atoms with E-state index in [2.05, 4.69) is 51.2 Å². The van der Waals surface area contributed by atoms with Gasteiger partial charge in [-0.2, -0.15) is 0 Å². The zero-order valence-electron chi connectivity index (χ0n) is 26.3. The fourth-order valence-electron chi connectivity index (χ4n) is 5.22. The average Bonchev–Trinajstić information content (AvgIpc) is 3.46. The van der Waals surface area contributed by atoms with E-state index in [9.17, 15) is 13.2 Å². The van der Waals surface area contributed by atoms with Crippen LogP contribution in [0.4, 0.5) is 0 Å². The number of carbonyl (C=O) groups is 1. The standard InChI is InChI=1S/C36H39NO7S/c1-24-6-7-27(20-25(24)2)36(3,4)28-8-18-34(26(21-28)22-42-43-23-29-9-19-35(38)37-29)44-31-12-16-33(17-13-31)45(39,40)32-14-10-30(41-5)11-15-32/h6-8,10-18,20-21,29H,9,19,22-23H2,1-5H3,(H,37,38). The molecule has 4 aromatic carbocycles. The van der Waals surface area contributed by atoms with Crippen LogP contribution in [0.15, 0.2) is 94.7 Å². The van der Waals surface area contributed by atoms with E-state index < -0.39 is 9.84 Å². The number of benzene rings is 4. The van der Waals surface area contributed by atoms with Crippen LogP contribution in [0.25, 0.3) is 0 Å². The van der Waals surface area contributed by atoms with E-state index in [-0.39, 0.29) is 40.4 Å². The van der Waals surface area contributed by atoms with Gasteiger partial charge in [0.2, 0.25) is 15.7 Å². The summed E-state index contributed by atoms with van der Waals surface area (Å²) in [4.78, 5) is 22.9. The van der Waals surface area contributed by atoms with Crippen molar-refractivity contribution in [3.63, 3.8) is 0 Å². The first-order valence-electron chi connectivity index (χ1n) is 14.9. The minimum Gasteiger partial charge on any atom is -0.497 e. The van der Waals surface area contributed by atoms with Gasteiger partial charge in [-0.1, -0.05) is 38.1 Å². The van der Waals surface area contributed by atoms with Crippen molar-refractivity contribution < 1.29 is 32.5 Å². The second-order valence-corrected chi connectivity index (χ2v) is 13.8. The molecule has 1 fully saturated rings. The number of amides is 1. The normalized spacial score (nSPS) is 15.1. The van der Waals surface area contributed by atoms with E-state index in [1.165, 1.54) is 48.1 Å². The molecule has 9 heteroatoms. The van der Waals surface area contributed by atoms with Gasteiger partial charge in [-0.05, 0) is 103 Å². The smallest absolute Gasteiger partial charge is 0.220 e. The summed E-state index contributed by atoms with van der Waals surface area (Å²) in [6, 6.07) is 25.0. The highest BCUT2D eigenvalue weighted by Gasteiger charge is 2.26. The van der Waals surface area contributed by atoms with E-state index in [0.717, 1.165) is 11.1 Å². The van der Waals surface area contributed by atoms with Crippen molar-refractivity contribution in [1.29, 1.82) is 0 Å². The number of hydrogen-bond acceptors (Lipinski definition) is 7. The van der Waals surface area contributed by atoms with E-state index >= 15 is 0 Å². The van der Waals surface area contributed by atoms with E-state index in [1.807, 2.05) is 18.2 Å². The Kier molecular flexibility index (Phi) is 9.62. The molecule has 4 aromatic rings. The quantitative estimate of drug-likeness (QED) is 0.102. The second-order valence-electron chi connectivity index (χ2n) is 11.8. The first kappa shape index (κ1) is 32.2. The van der Waals surface area contributed by atoms with Crippen LogP contribution in [0.3, 0.4) is 0 Å². The zero-order chi connectivity index (χ0) is 32.2. The zero-order valence-corrected chi connectivity index (χ0v) is 27.1. The summed E-state index contributed by atoms with van der Waals surface area (Å²) in [5.41, 5.74) is 5.18. The van der Waals surface area contributed by atoms with Crippen molar-refractivity contribution in [2.45, 2.75) is 68.4 Å². The monoisotopic (exact) mass is 629 g/mol. The SMILES string of the molecule is COc1ccc(S(=O)(=O)c2ccc(Oc3ccc(C(C)(C)c4ccc(C)c(C)c4)cc3COOCC3CCC(=O)N3)cc2)cc1. The third-order valence-corrected chi connectivity index (χ3v) is 10.2. The number of sulfone groups is 1. The van der Waals surface area contributed by atoms with E-state index in [0.29, 0.717) is 30.1 Å². The Labute approximate surface area is 265 Å². The number of methoxy groups -OCH3 is 1. The predicted octanol–water partition coefficient (Wildman–Crippen LogP) is 6.99. The third-order valence-electron chi connectivity index (χ3n) is 8.39. The lowest BCUT2D eigenvalue weighted by Crippen LogP contribution is -2.29. The van der Waals surface area contributed by atoms with E-state index in [1.54, 1.807) is 24.3 Å². The molecule has 0 aromatic heterocycles. The number of rotatable bonds is 12. The Morgan fingerprint density at radius 1 is 0.800 bits per heavy atom. The lowest BCUT2D eigenvalue weighted by atomic mass is 9.77. The molecule has 1 aliphatic heterocycles. The Morgan fingerprint density at radius 3 is 2.02 bits per heavy atom. The Bertz CT molecular complexity index is 1760. The van der Waals surface area contributed by atoms with Gasteiger partial charge >= 0.3 is 0 Å². The molecule has 0 saturated carbocycles. The van der Waals surface area contributed by atoms with Crippen molar-refractivity contribution in [1.82, 2.24) is 5.32 Å². The average molecular weight is 630 g/mol. The molecule has 1 saturated heterocycles. The van der Waals surface area contributed by atoms with Crippen molar-refractivity contribution in [2.24, 2.45) is 0 Å². The Balaban J connectivity index is 1.37. The van der Waals surface area contributed by atoms with Gasteiger partial charge in [0.1, 0.15) is 30.5 Å². The number of carbonyl (C=O) groups excluding carboxylic acids is 1. The van der Waals surface area contributed by atoms with Gasteiger partial charge in [0.15, 0.2) is 0 Å². The van der Waals surface area contributed by atoms with Gasteiger partial charge in [0, 0.05) is 17.4 Å². The van der Waals surface area contributed by atoms with Gasteiger partial charge in [-0.3, -0.25) is 4.79 Å². The maximum Gasteiger partial charge on any atom is 0.220 e. The summed E-state index contributed by atoms with van der Waals surface area (Å²) in [5, 5.41) is 2.87. The highest BCUT2D eigenvalue weighted by molar-refractivity contribution is 7.91. The van der Waals surface area contributed by atoms with Crippen molar-refractivity contribution in [3.05, 3.63) is 113 Å². The molecule has 5 rings (SSSR count). The summed E-state index contributed by atoms with van der Waals surface area (Å²) in [5.74, 6) is 1.62. The molecule has 1 heterocycles. The summed E-state index contributed by atoms with van der Waals surface area (Å²) >= 11 is 0. The van der Waals surface area contributed by atoms with Crippen LogP contribution in [0.2, 0.25) is 0 Å². The fraction of sp³-hybridized carbons (Fsp3) is 0.306. The van der Waals surface area contributed by atoms with Crippen LogP contribution in [-0.2, 0) is 36.4 Å². The maximum atomic E-state index is 13.2. The van der Waals surface area contributed by atoms with Crippen LogP contribution in [0.5, 0.6) is 17.2 Å². The van der Waals surface area contributed by atoms with Crippen molar-refractivity contribution >= 4 is 15.7 Å². The largest absolute Gasteiger partial charge is 0.497 e. The van der Waals surface area contributed by atoms with Crippen LogP contribution in [-0.4, -0.2) is 34.1 Å². The number of nitrogens with one attached hydrogen (secondary N) is 1. The highest BCUT2D eigenvalue weighted by Crippen LogP contribution is 2.37. The third kappa shape index (κ3) is 7.39. The molecule has 236 valence electrons. The summed E-state index contributed by atoms with van der Waals surface area (Å²) in [7, 11) is -2.18. The number of hydrogen-bond donors (Lipinski definition) is 1. The van der Waals surface area contributed by atoms with Gasteiger partial charge in [0.05, 0.1) is 22.9 Å². The maximum absolute atomic E-state index is 13.2. The molecule has 1 amide bonds. The van der Waals surface area contributed by atoms with Crippen LogP contribution >= 0.6 is 0 Å². The number of ether oxygens (including phenoxy) is 2. The second kappa shape index (κ2) is 13.4. The van der Waals surface area contributed by atoms with Gasteiger partial charge in [-0.25, -0.2) is 18.2 Å². The molecule has 0 radical (unpaired) electrons. The first-order chi connectivity index (χ1) is 21.5. The lowest BCUT2D eigenvalue weighted by molar-refractivity contribution is -0.306. The molecular weight excluding hydrogens is 590 g/mol. The molecule has 1 atom stereocenters. The lowest BCUT2D eigenvalue weighted by Gasteiger charge is -2.28. The van der Waals surface area contributed by atoms with Gasteiger partial charge in [-0.15, -0.1) is 0 Å². The predicted molar refractivity (Wildman–Crippen MR) is 171 cm³/mol. The fourth-order valence-corrected chi connectivity index (χ4v) is 6.48. The first-order valence-corrected chi connectivity index (χ1v) is 16.4. The Hall–Kier alpha value is -4.18.